The van der Waals surface area contributed by atoms with Gasteiger partial charge in [-0.15, -0.1) is 5.10 Å². The lowest BCUT2D eigenvalue weighted by Crippen LogP contribution is -2.17. The summed E-state index contributed by atoms with van der Waals surface area (Å²) >= 11 is 0. The van der Waals surface area contributed by atoms with Crippen LogP contribution in [0.5, 0.6) is 5.75 Å². The van der Waals surface area contributed by atoms with E-state index in [1.165, 1.54) is 13.2 Å². The maximum atomic E-state index is 15.0. The molecule has 0 saturated heterocycles. The van der Waals surface area contributed by atoms with Crippen molar-refractivity contribution in [1.82, 2.24) is 24.9 Å². The van der Waals surface area contributed by atoms with Gasteiger partial charge in [0.1, 0.15) is 11.6 Å². The smallest absolute Gasteiger partial charge is 0.254 e. The summed E-state index contributed by atoms with van der Waals surface area (Å²) in [6, 6.07) is 8.47. The molecule has 156 valence electrons. The van der Waals surface area contributed by atoms with Gasteiger partial charge < -0.3 is 9.64 Å². The predicted molar refractivity (Wildman–Crippen MR) is 114 cm³/mol. The lowest BCUT2D eigenvalue weighted by molar-refractivity contribution is 0.0816. The van der Waals surface area contributed by atoms with Crippen LogP contribution in [0.25, 0.3) is 33.3 Å². The monoisotopic (exact) mass is 417 g/mol. The molecule has 7 nitrogen and oxygen atoms in total. The summed E-state index contributed by atoms with van der Waals surface area (Å²) in [7, 11) is 3.26. The van der Waals surface area contributed by atoms with Crippen LogP contribution < -0.4 is 4.74 Å². The quantitative estimate of drug-likeness (QED) is 0.503. The molecular weight excluding hydrogens is 397 g/mol. The summed E-state index contributed by atoms with van der Waals surface area (Å²) in [5.41, 5.74) is 4.74. The molecule has 5 rings (SSSR count). The molecule has 0 saturated carbocycles. The Morgan fingerprint density at radius 3 is 2.71 bits per heavy atom. The number of carbonyl (C=O) groups excluding carboxylic acids is 1. The third-order valence-electron chi connectivity index (χ3n) is 5.72. The van der Waals surface area contributed by atoms with Gasteiger partial charge in [-0.05, 0) is 42.3 Å². The summed E-state index contributed by atoms with van der Waals surface area (Å²) in [6.45, 7) is 3.15. The lowest BCUT2D eigenvalue weighted by atomic mass is 9.95. The number of fused-ring (bicyclic) bond motifs is 2. The number of halogens is 1. The summed E-state index contributed by atoms with van der Waals surface area (Å²) in [4.78, 5) is 14.0. The van der Waals surface area contributed by atoms with Crippen molar-refractivity contribution in [3.63, 3.8) is 0 Å². The number of benzene rings is 2. The fraction of sp³-hybridized carbons (Fsp3) is 0.217. The van der Waals surface area contributed by atoms with E-state index in [-0.39, 0.29) is 11.7 Å². The van der Waals surface area contributed by atoms with Crippen LogP contribution in [0.2, 0.25) is 0 Å². The molecule has 1 amide bonds. The number of aromatic nitrogens is 4. The van der Waals surface area contributed by atoms with Crippen molar-refractivity contribution >= 4 is 16.9 Å². The van der Waals surface area contributed by atoms with Gasteiger partial charge in [-0.2, -0.15) is 10.2 Å². The van der Waals surface area contributed by atoms with Crippen LogP contribution in [-0.2, 0) is 13.1 Å². The first-order chi connectivity index (χ1) is 15.0. The summed E-state index contributed by atoms with van der Waals surface area (Å²) in [5, 5.41) is 13.5. The van der Waals surface area contributed by atoms with Gasteiger partial charge in [0.25, 0.3) is 5.91 Å². The molecule has 31 heavy (non-hydrogen) atoms. The van der Waals surface area contributed by atoms with Crippen molar-refractivity contribution in [1.29, 1.82) is 0 Å². The van der Waals surface area contributed by atoms with Gasteiger partial charge in [-0.1, -0.05) is 6.07 Å². The summed E-state index contributed by atoms with van der Waals surface area (Å²) in [6.07, 6.45) is 3.41. The molecule has 4 aromatic rings. The van der Waals surface area contributed by atoms with Crippen LogP contribution in [0.4, 0.5) is 4.39 Å². The fourth-order valence-corrected chi connectivity index (χ4v) is 4.11. The molecule has 0 N–H and O–H groups in total. The largest absolute Gasteiger partial charge is 0.496 e. The normalized spacial score (nSPS) is 13.2. The van der Waals surface area contributed by atoms with E-state index in [9.17, 15) is 9.18 Å². The Morgan fingerprint density at radius 2 is 1.94 bits per heavy atom. The second-order valence-corrected chi connectivity index (χ2v) is 7.52. The van der Waals surface area contributed by atoms with Crippen molar-refractivity contribution in [3.05, 3.63) is 59.7 Å². The number of hydrogen-bond acceptors (Lipinski definition) is 5. The highest BCUT2D eigenvalue weighted by Gasteiger charge is 2.27. The topological polar surface area (TPSA) is 73.1 Å². The number of ether oxygens (including phenoxy) is 1. The molecule has 0 unspecified atom stereocenters. The van der Waals surface area contributed by atoms with Crippen molar-refractivity contribution in [2.45, 2.75) is 20.0 Å². The molecule has 2 aromatic heterocycles. The average Bonchev–Trinajstić information content (AvgIpc) is 3.33. The number of methoxy groups -OCH3 is 1. The number of rotatable bonds is 4. The maximum absolute atomic E-state index is 15.0. The van der Waals surface area contributed by atoms with Crippen LogP contribution >= 0.6 is 0 Å². The molecule has 0 bridgehead atoms. The van der Waals surface area contributed by atoms with Crippen LogP contribution in [0, 0.1) is 5.82 Å². The van der Waals surface area contributed by atoms with Gasteiger partial charge in [-0.25, -0.2) is 9.07 Å². The molecule has 1 aliphatic rings. The van der Waals surface area contributed by atoms with Crippen LogP contribution in [0.3, 0.4) is 0 Å². The standard InChI is InChI=1S/C23H20FN5O2/c1-4-29-22-19(11-26-29)18(10-25-27-22)13-5-6-20(24)16(7-13)17-8-14-12-28(2)23(30)15(14)9-21(17)31-3/h5-11H,4,12H2,1-3H3. The molecule has 0 atom stereocenters. The predicted octanol–water partition coefficient (Wildman–Crippen LogP) is 3.91. The fourth-order valence-electron chi connectivity index (χ4n) is 4.11. The zero-order valence-corrected chi connectivity index (χ0v) is 17.4. The first-order valence-corrected chi connectivity index (χ1v) is 9.95. The van der Waals surface area contributed by atoms with Gasteiger partial charge in [0.2, 0.25) is 0 Å². The third-order valence-corrected chi connectivity index (χ3v) is 5.72. The number of aryl methyl sites for hydroxylation is 1. The van der Waals surface area contributed by atoms with Crippen LogP contribution in [0.15, 0.2) is 42.7 Å². The first-order valence-electron chi connectivity index (χ1n) is 9.95. The number of hydrogen-bond donors (Lipinski definition) is 0. The van der Waals surface area contributed by atoms with E-state index < -0.39 is 0 Å². The van der Waals surface area contributed by atoms with Gasteiger partial charge in [-0.3, -0.25) is 4.79 Å². The van der Waals surface area contributed by atoms with E-state index in [1.807, 2.05) is 13.0 Å². The molecule has 2 aromatic carbocycles. The Hall–Kier alpha value is -3.81. The lowest BCUT2D eigenvalue weighted by Gasteiger charge is -2.13. The van der Waals surface area contributed by atoms with Crippen LogP contribution in [-0.4, -0.2) is 44.9 Å². The van der Waals surface area contributed by atoms with E-state index in [0.29, 0.717) is 41.2 Å². The summed E-state index contributed by atoms with van der Waals surface area (Å²) in [5.74, 6) is 0.0182. The van der Waals surface area contributed by atoms with Crippen molar-refractivity contribution in [2.75, 3.05) is 14.2 Å². The van der Waals surface area contributed by atoms with E-state index in [2.05, 4.69) is 15.3 Å². The molecule has 3 heterocycles. The molecule has 0 radical (unpaired) electrons. The van der Waals surface area contributed by atoms with Crippen molar-refractivity contribution in [2.24, 2.45) is 0 Å². The van der Waals surface area contributed by atoms with Gasteiger partial charge in [0.15, 0.2) is 5.65 Å². The highest BCUT2D eigenvalue weighted by molar-refractivity contribution is 6.00. The first kappa shape index (κ1) is 19.2. The zero-order chi connectivity index (χ0) is 21.7. The Bertz CT molecular complexity index is 1350. The molecule has 0 spiro atoms. The zero-order valence-electron chi connectivity index (χ0n) is 17.4. The van der Waals surface area contributed by atoms with E-state index in [1.54, 1.807) is 47.2 Å². The van der Waals surface area contributed by atoms with Crippen LogP contribution in [0.1, 0.15) is 22.8 Å². The highest BCUT2D eigenvalue weighted by Crippen LogP contribution is 2.39. The Balaban J connectivity index is 1.69. The minimum absolute atomic E-state index is 0.0627. The number of carbonyl (C=O) groups is 1. The number of amides is 1. The molecule has 8 heteroatoms. The second-order valence-electron chi connectivity index (χ2n) is 7.52. The highest BCUT2D eigenvalue weighted by atomic mass is 19.1. The maximum Gasteiger partial charge on any atom is 0.254 e. The van der Waals surface area contributed by atoms with Gasteiger partial charge in [0, 0.05) is 42.4 Å². The van der Waals surface area contributed by atoms with Gasteiger partial charge >= 0.3 is 0 Å². The molecular formula is C23H20FN5O2. The third kappa shape index (κ3) is 2.94. The minimum Gasteiger partial charge on any atom is -0.496 e. The Morgan fingerprint density at radius 1 is 1.10 bits per heavy atom. The summed E-state index contributed by atoms with van der Waals surface area (Å²) < 4.78 is 22.3. The molecule has 0 aliphatic carbocycles. The van der Waals surface area contributed by atoms with E-state index in [0.717, 1.165) is 22.1 Å². The van der Waals surface area contributed by atoms with E-state index in [4.69, 9.17) is 4.74 Å². The average molecular weight is 417 g/mol. The molecule has 0 fully saturated rings. The minimum atomic E-state index is -0.373. The van der Waals surface area contributed by atoms with E-state index >= 15 is 0 Å². The number of nitrogens with zero attached hydrogens (tertiary/aromatic N) is 5. The second kappa shape index (κ2) is 7.16. The van der Waals surface area contributed by atoms with Crippen molar-refractivity contribution < 1.29 is 13.9 Å². The van der Waals surface area contributed by atoms with Gasteiger partial charge in [0.05, 0.1) is 24.9 Å². The van der Waals surface area contributed by atoms with Crippen molar-refractivity contribution in [3.8, 4) is 28.0 Å². The Labute approximate surface area is 178 Å². The SMILES string of the molecule is CCn1ncc2c(-c3ccc(F)c(-c4cc5c(cc4OC)C(=O)N(C)C5)c3)cnnc21. The molecule has 1 aliphatic heterocycles. The Kier molecular flexibility index (Phi) is 4.43.